The molecule has 102 valence electrons. The van der Waals surface area contributed by atoms with Crippen LogP contribution in [0.3, 0.4) is 0 Å². The van der Waals surface area contributed by atoms with Crippen molar-refractivity contribution >= 4 is 48.5 Å². The maximum Gasteiger partial charge on any atom is 0.268 e. The van der Waals surface area contributed by atoms with Crippen molar-refractivity contribution in [1.82, 2.24) is 3.97 Å². The summed E-state index contributed by atoms with van der Waals surface area (Å²) in [5.74, 6) is 0. The molecule has 0 amide bonds. The van der Waals surface area contributed by atoms with Crippen LogP contribution in [0.5, 0.6) is 0 Å². The molecule has 0 aliphatic heterocycles. The van der Waals surface area contributed by atoms with Crippen LogP contribution in [0.25, 0.3) is 10.9 Å². The van der Waals surface area contributed by atoms with Gasteiger partial charge in [0.25, 0.3) is 10.0 Å². The predicted molar refractivity (Wildman–Crippen MR) is 83.7 cm³/mol. The maximum atomic E-state index is 12.7. The SMILES string of the molecule is O=S(=O)(c1ccccc1)n1cc(Br)c2ccc(Cl)cc21. The van der Waals surface area contributed by atoms with Crippen molar-refractivity contribution in [3.05, 3.63) is 64.2 Å². The van der Waals surface area contributed by atoms with E-state index in [9.17, 15) is 8.42 Å². The Morgan fingerprint density at radius 3 is 2.45 bits per heavy atom. The van der Waals surface area contributed by atoms with Gasteiger partial charge < -0.3 is 0 Å². The van der Waals surface area contributed by atoms with Gasteiger partial charge in [-0.15, -0.1) is 0 Å². The van der Waals surface area contributed by atoms with E-state index >= 15 is 0 Å². The normalized spacial score (nSPS) is 11.9. The van der Waals surface area contributed by atoms with Crippen LogP contribution >= 0.6 is 27.5 Å². The summed E-state index contributed by atoms with van der Waals surface area (Å²) in [7, 11) is -3.63. The van der Waals surface area contributed by atoms with Crippen molar-refractivity contribution in [3.8, 4) is 0 Å². The molecule has 3 rings (SSSR count). The zero-order valence-electron chi connectivity index (χ0n) is 10.1. The van der Waals surface area contributed by atoms with Gasteiger partial charge in [-0.1, -0.05) is 35.9 Å². The van der Waals surface area contributed by atoms with Crippen molar-refractivity contribution in [3.63, 3.8) is 0 Å². The van der Waals surface area contributed by atoms with Gasteiger partial charge in [0.15, 0.2) is 0 Å². The smallest absolute Gasteiger partial charge is 0.240 e. The lowest BCUT2D eigenvalue weighted by Gasteiger charge is -2.07. The Bertz CT molecular complexity index is 888. The average molecular weight is 371 g/mol. The maximum absolute atomic E-state index is 12.7. The zero-order chi connectivity index (χ0) is 14.3. The van der Waals surface area contributed by atoms with Crippen molar-refractivity contribution in [2.24, 2.45) is 0 Å². The molecule has 0 fully saturated rings. The highest BCUT2D eigenvalue weighted by atomic mass is 79.9. The first kappa shape index (κ1) is 13.7. The van der Waals surface area contributed by atoms with Crippen LogP contribution in [0.15, 0.2) is 64.1 Å². The molecule has 2 aromatic carbocycles. The first-order valence-electron chi connectivity index (χ1n) is 5.77. The number of hydrogen-bond donors (Lipinski definition) is 0. The van der Waals surface area contributed by atoms with Crippen molar-refractivity contribution in [2.45, 2.75) is 4.90 Å². The number of nitrogens with zero attached hydrogens (tertiary/aromatic N) is 1. The first-order chi connectivity index (χ1) is 9.50. The van der Waals surface area contributed by atoms with Gasteiger partial charge in [-0.3, -0.25) is 0 Å². The van der Waals surface area contributed by atoms with Crippen molar-refractivity contribution in [1.29, 1.82) is 0 Å². The Kier molecular flexibility index (Phi) is 3.36. The summed E-state index contributed by atoms with van der Waals surface area (Å²) in [6.45, 7) is 0. The molecule has 0 atom stereocenters. The van der Waals surface area contributed by atoms with Gasteiger partial charge in [0, 0.05) is 21.1 Å². The van der Waals surface area contributed by atoms with E-state index < -0.39 is 10.0 Å². The summed E-state index contributed by atoms with van der Waals surface area (Å²) in [5, 5.41) is 1.29. The summed E-state index contributed by atoms with van der Waals surface area (Å²) in [6, 6.07) is 13.5. The number of hydrogen-bond acceptors (Lipinski definition) is 2. The summed E-state index contributed by atoms with van der Waals surface area (Å²) < 4.78 is 27.3. The molecule has 3 nitrogen and oxygen atoms in total. The number of fused-ring (bicyclic) bond motifs is 1. The summed E-state index contributed by atoms with van der Waals surface area (Å²) in [5.41, 5.74) is 0.549. The zero-order valence-corrected chi connectivity index (χ0v) is 13.3. The van der Waals surface area contributed by atoms with Crippen molar-refractivity contribution < 1.29 is 8.42 Å². The lowest BCUT2D eigenvalue weighted by molar-refractivity contribution is 0.589. The minimum absolute atomic E-state index is 0.240. The Labute approximate surface area is 130 Å². The van der Waals surface area contributed by atoms with Crippen LogP contribution in [-0.4, -0.2) is 12.4 Å². The second kappa shape index (κ2) is 4.91. The van der Waals surface area contributed by atoms with Gasteiger partial charge in [-0.05, 0) is 40.2 Å². The fraction of sp³-hybridized carbons (Fsp3) is 0. The summed E-state index contributed by atoms with van der Waals surface area (Å²) in [4.78, 5) is 0.240. The Morgan fingerprint density at radius 1 is 1.05 bits per heavy atom. The molecule has 0 bridgehead atoms. The molecule has 0 spiro atoms. The fourth-order valence-corrected chi connectivity index (χ4v) is 4.26. The van der Waals surface area contributed by atoms with E-state index in [1.807, 2.05) is 0 Å². The predicted octanol–water partition coefficient (Wildman–Crippen LogP) is 4.29. The molecule has 0 aliphatic rings. The molecule has 0 unspecified atom stereocenters. The average Bonchev–Trinajstić information content (AvgIpc) is 2.77. The summed E-state index contributed by atoms with van der Waals surface area (Å²) >= 11 is 9.35. The third-order valence-corrected chi connectivity index (χ3v) is 5.54. The fourth-order valence-electron chi connectivity index (χ4n) is 2.04. The third-order valence-electron chi connectivity index (χ3n) is 2.99. The van der Waals surface area contributed by atoms with E-state index in [2.05, 4.69) is 15.9 Å². The molecule has 0 radical (unpaired) electrons. The number of halogens is 2. The lowest BCUT2D eigenvalue weighted by atomic mass is 10.2. The van der Waals surface area contributed by atoms with Gasteiger partial charge in [0.1, 0.15) is 0 Å². The van der Waals surface area contributed by atoms with Crippen LogP contribution in [0.4, 0.5) is 0 Å². The van der Waals surface area contributed by atoms with E-state index in [0.29, 0.717) is 15.0 Å². The van der Waals surface area contributed by atoms with Gasteiger partial charge >= 0.3 is 0 Å². The molecular formula is C14H9BrClNO2S. The van der Waals surface area contributed by atoms with E-state index in [1.54, 1.807) is 54.7 Å². The number of rotatable bonds is 2. The Morgan fingerprint density at radius 2 is 1.75 bits per heavy atom. The van der Waals surface area contributed by atoms with Gasteiger partial charge in [-0.25, -0.2) is 12.4 Å². The Hall–Kier alpha value is -1.30. The van der Waals surface area contributed by atoms with E-state index in [1.165, 1.54) is 3.97 Å². The number of aromatic nitrogens is 1. The number of benzene rings is 2. The molecule has 0 saturated carbocycles. The molecule has 6 heteroatoms. The molecule has 3 aromatic rings. The monoisotopic (exact) mass is 369 g/mol. The van der Waals surface area contributed by atoms with Crippen molar-refractivity contribution in [2.75, 3.05) is 0 Å². The largest absolute Gasteiger partial charge is 0.268 e. The van der Waals surface area contributed by atoms with Gasteiger partial charge in [-0.2, -0.15) is 0 Å². The molecule has 1 heterocycles. The minimum Gasteiger partial charge on any atom is -0.240 e. The van der Waals surface area contributed by atoms with Gasteiger partial charge in [0.05, 0.1) is 10.4 Å². The topological polar surface area (TPSA) is 39.1 Å². The molecular weight excluding hydrogens is 362 g/mol. The third kappa shape index (κ3) is 2.16. The standard InChI is InChI=1S/C14H9BrClNO2S/c15-13-9-17(14-8-10(16)6-7-12(13)14)20(18,19)11-4-2-1-3-5-11/h1-9H. The lowest BCUT2D eigenvalue weighted by Crippen LogP contribution is -2.11. The summed E-state index contributed by atoms with van der Waals surface area (Å²) in [6.07, 6.45) is 1.54. The molecule has 0 saturated heterocycles. The highest BCUT2D eigenvalue weighted by Gasteiger charge is 2.20. The minimum atomic E-state index is -3.63. The van der Waals surface area contributed by atoms with E-state index in [4.69, 9.17) is 11.6 Å². The quantitative estimate of drug-likeness (QED) is 0.675. The second-order valence-corrected chi connectivity index (χ2v) is 7.36. The first-order valence-corrected chi connectivity index (χ1v) is 8.38. The van der Waals surface area contributed by atoms with Crippen LogP contribution < -0.4 is 0 Å². The molecule has 1 aromatic heterocycles. The molecule has 20 heavy (non-hydrogen) atoms. The van der Waals surface area contributed by atoms with Gasteiger partial charge in [0.2, 0.25) is 0 Å². The van der Waals surface area contributed by atoms with Crippen LogP contribution in [0, 0.1) is 0 Å². The van der Waals surface area contributed by atoms with E-state index in [0.717, 1.165) is 5.39 Å². The van der Waals surface area contributed by atoms with Crippen LogP contribution in [0.1, 0.15) is 0 Å². The Balaban J connectivity index is 2.33. The van der Waals surface area contributed by atoms with Crippen LogP contribution in [-0.2, 0) is 10.0 Å². The van der Waals surface area contributed by atoms with Crippen LogP contribution in [0.2, 0.25) is 5.02 Å². The molecule has 0 aliphatic carbocycles. The van der Waals surface area contributed by atoms with E-state index in [-0.39, 0.29) is 4.90 Å². The molecule has 0 N–H and O–H groups in total. The highest BCUT2D eigenvalue weighted by molar-refractivity contribution is 9.10. The second-order valence-electron chi connectivity index (χ2n) is 4.25. The highest BCUT2D eigenvalue weighted by Crippen LogP contribution is 2.31.